The quantitative estimate of drug-likeness (QED) is 0.717. The van der Waals surface area contributed by atoms with Crippen LogP contribution in [0.15, 0.2) is 31.1 Å². The summed E-state index contributed by atoms with van der Waals surface area (Å²) in [6.45, 7) is 8.00. The van der Waals surface area contributed by atoms with Crippen molar-refractivity contribution in [2.45, 2.75) is 39.2 Å². The second-order valence-electron chi connectivity index (χ2n) is 3.87. The molecule has 0 aliphatic rings. The summed E-state index contributed by atoms with van der Waals surface area (Å²) in [6, 6.07) is 2.65. The van der Waals surface area contributed by atoms with Gasteiger partial charge in [0.25, 0.3) is 0 Å². The summed E-state index contributed by atoms with van der Waals surface area (Å²) in [4.78, 5) is 4.17. The Morgan fingerprint density at radius 3 is 2.93 bits per heavy atom. The summed E-state index contributed by atoms with van der Waals surface area (Å²) in [5.41, 5.74) is 2.31. The Kier molecular flexibility index (Phi) is 4.88. The van der Waals surface area contributed by atoms with E-state index >= 15 is 0 Å². The topological polar surface area (TPSA) is 24.9 Å². The zero-order valence-corrected chi connectivity index (χ0v) is 9.66. The Morgan fingerprint density at radius 2 is 2.33 bits per heavy atom. The van der Waals surface area contributed by atoms with E-state index in [-0.39, 0.29) is 0 Å². The number of aromatic nitrogens is 1. The zero-order chi connectivity index (χ0) is 11.1. The SMILES string of the molecule is C=CCCC(CC)Nc1cncc(C)c1. The van der Waals surface area contributed by atoms with Crippen molar-refractivity contribution in [1.82, 2.24) is 4.98 Å². The summed E-state index contributed by atoms with van der Waals surface area (Å²) in [5.74, 6) is 0. The summed E-state index contributed by atoms with van der Waals surface area (Å²) < 4.78 is 0. The van der Waals surface area contributed by atoms with Crippen molar-refractivity contribution in [3.8, 4) is 0 Å². The molecule has 0 fully saturated rings. The Morgan fingerprint density at radius 1 is 1.53 bits per heavy atom. The maximum absolute atomic E-state index is 4.17. The molecule has 15 heavy (non-hydrogen) atoms. The number of hydrogen-bond acceptors (Lipinski definition) is 2. The van der Waals surface area contributed by atoms with Crippen LogP contribution >= 0.6 is 0 Å². The Hall–Kier alpha value is -1.31. The van der Waals surface area contributed by atoms with Crippen molar-refractivity contribution in [1.29, 1.82) is 0 Å². The molecule has 0 amide bonds. The molecular weight excluding hydrogens is 184 g/mol. The lowest BCUT2D eigenvalue weighted by molar-refractivity contribution is 0.641. The molecule has 0 aliphatic carbocycles. The van der Waals surface area contributed by atoms with Gasteiger partial charge in [-0.3, -0.25) is 4.98 Å². The molecule has 0 spiro atoms. The molecule has 1 aromatic heterocycles. The standard InChI is InChI=1S/C13H20N2/c1-4-6-7-12(5-2)15-13-8-11(3)9-14-10-13/h4,8-10,12,15H,1,5-7H2,2-3H3. The number of hydrogen-bond donors (Lipinski definition) is 1. The second kappa shape index (κ2) is 6.23. The minimum atomic E-state index is 0.520. The van der Waals surface area contributed by atoms with Gasteiger partial charge in [0.2, 0.25) is 0 Å². The van der Waals surface area contributed by atoms with Gasteiger partial charge in [0.1, 0.15) is 0 Å². The average molecular weight is 204 g/mol. The van der Waals surface area contributed by atoms with Crippen molar-refractivity contribution in [3.05, 3.63) is 36.7 Å². The van der Waals surface area contributed by atoms with Crippen LogP contribution in [0.2, 0.25) is 0 Å². The third-order valence-electron chi connectivity index (χ3n) is 2.46. The van der Waals surface area contributed by atoms with E-state index in [2.05, 4.69) is 36.8 Å². The Bertz CT molecular complexity index is 307. The number of nitrogens with zero attached hydrogens (tertiary/aromatic N) is 1. The van der Waals surface area contributed by atoms with E-state index in [0.717, 1.165) is 24.9 Å². The van der Waals surface area contributed by atoms with Gasteiger partial charge in [0.15, 0.2) is 0 Å². The van der Waals surface area contributed by atoms with Gasteiger partial charge in [-0.2, -0.15) is 0 Å². The smallest absolute Gasteiger partial charge is 0.0531 e. The lowest BCUT2D eigenvalue weighted by atomic mass is 10.1. The first-order valence-corrected chi connectivity index (χ1v) is 5.55. The van der Waals surface area contributed by atoms with Crippen molar-refractivity contribution in [3.63, 3.8) is 0 Å². The third-order valence-corrected chi connectivity index (χ3v) is 2.46. The van der Waals surface area contributed by atoms with Gasteiger partial charge in [0.05, 0.1) is 5.69 Å². The number of anilines is 1. The van der Waals surface area contributed by atoms with E-state index in [1.165, 1.54) is 5.56 Å². The van der Waals surface area contributed by atoms with E-state index in [9.17, 15) is 0 Å². The maximum Gasteiger partial charge on any atom is 0.0531 e. The van der Waals surface area contributed by atoms with Crippen LogP contribution in [0.25, 0.3) is 0 Å². The van der Waals surface area contributed by atoms with Gasteiger partial charge in [-0.25, -0.2) is 0 Å². The highest BCUT2D eigenvalue weighted by Crippen LogP contribution is 2.13. The van der Waals surface area contributed by atoms with Crippen LogP contribution in [0.3, 0.4) is 0 Å². The molecule has 0 aromatic carbocycles. The third kappa shape index (κ3) is 4.15. The van der Waals surface area contributed by atoms with E-state index < -0.39 is 0 Å². The van der Waals surface area contributed by atoms with Gasteiger partial charge in [-0.05, 0) is 37.8 Å². The molecular formula is C13H20N2. The molecule has 82 valence electrons. The molecule has 1 N–H and O–H groups in total. The Balaban J connectivity index is 2.54. The van der Waals surface area contributed by atoms with Crippen molar-refractivity contribution < 1.29 is 0 Å². The van der Waals surface area contributed by atoms with Crippen LogP contribution in [0, 0.1) is 6.92 Å². The summed E-state index contributed by atoms with van der Waals surface area (Å²) in [7, 11) is 0. The first-order valence-electron chi connectivity index (χ1n) is 5.55. The maximum atomic E-state index is 4.17. The molecule has 0 saturated carbocycles. The number of rotatable bonds is 6. The minimum absolute atomic E-state index is 0.520. The van der Waals surface area contributed by atoms with E-state index in [1.807, 2.05) is 18.5 Å². The fraction of sp³-hybridized carbons (Fsp3) is 0.462. The van der Waals surface area contributed by atoms with Gasteiger partial charge in [0, 0.05) is 18.4 Å². The highest BCUT2D eigenvalue weighted by atomic mass is 14.9. The normalized spacial score (nSPS) is 12.1. The molecule has 0 aliphatic heterocycles. The molecule has 1 rings (SSSR count). The molecule has 0 saturated heterocycles. The van der Waals surface area contributed by atoms with Crippen LogP contribution in [-0.4, -0.2) is 11.0 Å². The van der Waals surface area contributed by atoms with Crippen LogP contribution in [-0.2, 0) is 0 Å². The Labute approximate surface area is 92.4 Å². The largest absolute Gasteiger partial charge is 0.381 e. The number of aryl methyl sites for hydroxylation is 1. The average Bonchev–Trinajstić information content (AvgIpc) is 2.24. The van der Waals surface area contributed by atoms with Gasteiger partial charge < -0.3 is 5.32 Å². The van der Waals surface area contributed by atoms with E-state index in [1.54, 1.807) is 0 Å². The molecule has 2 heteroatoms. The molecule has 1 aromatic rings. The first-order chi connectivity index (χ1) is 7.26. The van der Waals surface area contributed by atoms with Gasteiger partial charge >= 0.3 is 0 Å². The predicted octanol–water partition coefficient (Wildman–Crippen LogP) is 3.55. The molecule has 1 atom stereocenters. The summed E-state index contributed by atoms with van der Waals surface area (Å²) in [5, 5.41) is 3.49. The fourth-order valence-corrected chi connectivity index (χ4v) is 1.57. The molecule has 0 radical (unpaired) electrons. The highest BCUT2D eigenvalue weighted by molar-refractivity contribution is 5.43. The monoisotopic (exact) mass is 204 g/mol. The number of nitrogens with one attached hydrogen (secondary N) is 1. The van der Waals surface area contributed by atoms with Crippen LogP contribution in [0.1, 0.15) is 31.7 Å². The van der Waals surface area contributed by atoms with E-state index in [4.69, 9.17) is 0 Å². The van der Waals surface area contributed by atoms with Crippen molar-refractivity contribution in [2.75, 3.05) is 5.32 Å². The second-order valence-corrected chi connectivity index (χ2v) is 3.87. The van der Waals surface area contributed by atoms with Crippen LogP contribution < -0.4 is 5.32 Å². The predicted molar refractivity (Wildman–Crippen MR) is 66.1 cm³/mol. The zero-order valence-electron chi connectivity index (χ0n) is 9.66. The minimum Gasteiger partial charge on any atom is -0.381 e. The van der Waals surface area contributed by atoms with Crippen LogP contribution in [0.5, 0.6) is 0 Å². The number of pyridine rings is 1. The fourth-order valence-electron chi connectivity index (χ4n) is 1.57. The van der Waals surface area contributed by atoms with Crippen LogP contribution in [0.4, 0.5) is 5.69 Å². The summed E-state index contributed by atoms with van der Waals surface area (Å²) in [6.07, 6.45) is 9.04. The van der Waals surface area contributed by atoms with Crippen molar-refractivity contribution >= 4 is 5.69 Å². The molecule has 1 unspecified atom stereocenters. The van der Waals surface area contributed by atoms with E-state index in [0.29, 0.717) is 6.04 Å². The molecule has 0 bridgehead atoms. The van der Waals surface area contributed by atoms with Gasteiger partial charge in [-0.15, -0.1) is 6.58 Å². The van der Waals surface area contributed by atoms with Gasteiger partial charge in [-0.1, -0.05) is 13.0 Å². The first kappa shape index (κ1) is 11.8. The lowest BCUT2D eigenvalue weighted by Crippen LogP contribution is -2.18. The molecule has 2 nitrogen and oxygen atoms in total. The lowest BCUT2D eigenvalue weighted by Gasteiger charge is -2.17. The summed E-state index contributed by atoms with van der Waals surface area (Å²) >= 11 is 0. The molecule has 1 heterocycles. The number of allylic oxidation sites excluding steroid dienone is 1. The van der Waals surface area contributed by atoms with Crippen molar-refractivity contribution in [2.24, 2.45) is 0 Å². The highest BCUT2D eigenvalue weighted by Gasteiger charge is 2.04.